The summed E-state index contributed by atoms with van der Waals surface area (Å²) in [5.74, 6) is 0.178. The Kier molecular flexibility index (Phi) is 5.55. The molecule has 1 unspecified atom stereocenters. The maximum atomic E-state index is 12.1. The van der Waals surface area contributed by atoms with Gasteiger partial charge in [-0.05, 0) is 43.0 Å². The predicted molar refractivity (Wildman–Crippen MR) is 83.4 cm³/mol. The summed E-state index contributed by atoms with van der Waals surface area (Å²) in [6.07, 6.45) is 2.19. The van der Waals surface area contributed by atoms with Gasteiger partial charge in [0.1, 0.15) is 0 Å². The van der Waals surface area contributed by atoms with E-state index in [-0.39, 0.29) is 29.2 Å². The van der Waals surface area contributed by atoms with Crippen molar-refractivity contribution in [2.45, 2.75) is 23.8 Å². The first-order valence-corrected chi connectivity index (χ1v) is 8.96. The number of nitrogens with one attached hydrogen (secondary N) is 1. The van der Waals surface area contributed by atoms with Crippen molar-refractivity contribution in [2.75, 3.05) is 26.0 Å². The molecule has 1 saturated carbocycles. The number of rotatable bonds is 8. The van der Waals surface area contributed by atoms with Gasteiger partial charge in [0.05, 0.1) is 17.3 Å². The smallest absolute Gasteiger partial charge is 0.251 e. The molecular formula is C15H22N2O4S. The summed E-state index contributed by atoms with van der Waals surface area (Å²) in [7, 11) is -1.92. The molecule has 1 aliphatic carbocycles. The standard InChI is InChI=1S/C15H22N2O4S/c1-21-8-9-22(19,20)13-6-4-12(5-7-13)15(18)17-14(10-16)11-2-3-11/h4-7,11,14H,2-3,8-10,16H2,1H3,(H,17,18). The molecule has 0 bridgehead atoms. The molecule has 1 atom stereocenters. The maximum absolute atomic E-state index is 12.1. The van der Waals surface area contributed by atoms with Crippen LogP contribution in [0.3, 0.4) is 0 Å². The molecule has 0 spiro atoms. The lowest BCUT2D eigenvalue weighted by Gasteiger charge is -2.16. The van der Waals surface area contributed by atoms with Gasteiger partial charge in [0.15, 0.2) is 9.84 Å². The second-order valence-corrected chi connectivity index (χ2v) is 7.60. The number of carbonyl (C=O) groups excluding carboxylic acids is 1. The molecule has 0 saturated heterocycles. The summed E-state index contributed by atoms with van der Waals surface area (Å²) in [5, 5.41) is 2.90. The van der Waals surface area contributed by atoms with Crippen molar-refractivity contribution in [2.24, 2.45) is 11.7 Å². The van der Waals surface area contributed by atoms with Crippen molar-refractivity contribution in [1.29, 1.82) is 0 Å². The number of sulfone groups is 1. The predicted octanol–water partition coefficient (Wildman–Crippen LogP) is 0.574. The van der Waals surface area contributed by atoms with Crippen LogP contribution >= 0.6 is 0 Å². The lowest BCUT2D eigenvalue weighted by atomic mass is 10.1. The Labute approximate surface area is 131 Å². The van der Waals surface area contributed by atoms with Crippen LogP contribution in [0.4, 0.5) is 0 Å². The molecule has 122 valence electrons. The summed E-state index contributed by atoms with van der Waals surface area (Å²) in [5.41, 5.74) is 6.10. The first-order chi connectivity index (χ1) is 10.5. The fourth-order valence-corrected chi connectivity index (χ4v) is 3.42. The number of hydrogen-bond acceptors (Lipinski definition) is 5. The maximum Gasteiger partial charge on any atom is 0.251 e. The van der Waals surface area contributed by atoms with Crippen LogP contribution in [0.1, 0.15) is 23.2 Å². The molecule has 0 heterocycles. The first kappa shape index (κ1) is 16.9. The molecule has 1 fully saturated rings. The molecule has 0 aliphatic heterocycles. The third-order valence-electron chi connectivity index (χ3n) is 3.79. The molecular weight excluding hydrogens is 304 g/mol. The average Bonchev–Trinajstić information content (AvgIpc) is 3.35. The monoisotopic (exact) mass is 326 g/mol. The van der Waals surface area contributed by atoms with Crippen LogP contribution in [0.2, 0.25) is 0 Å². The Morgan fingerprint density at radius 1 is 1.36 bits per heavy atom. The van der Waals surface area contributed by atoms with Gasteiger partial charge in [0.25, 0.3) is 5.91 Å². The van der Waals surface area contributed by atoms with E-state index in [0.29, 0.717) is 18.0 Å². The van der Waals surface area contributed by atoms with Gasteiger partial charge in [-0.3, -0.25) is 4.79 Å². The Balaban J connectivity index is 2.03. The SMILES string of the molecule is COCCS(=O)(=O)c1ccc(C(=O)NC(CN)C2CC2)cc1. The van der Waals surface area contributed by atoms with Crippen LogP contribution in [-0.4, -0.2) is 46.4 Å². The van der Waals surface area contributed by atoms with Crippen LogP contribution in [-0.2, 0) is 14.6 Å². The van der Waals surface area contributed by atoms with E-state index in [2.05, 4.69) is 5.32 Å². The van der Waals surface area contributed by atoms with Crippen molar-refractivity contribution < 1.29 is 17.9 Å². The van der Waals surface area contributed by atoms with Crippen LogP contribution in [0.15, 0.2) is 29.2 Å². The number of carbonyl (C=O) groups is 1. The highest BCUT2D eigenvalue weighted by atomic mass is 32.2. The van der Waals surface area contributed by atoms with Crippen molar-refractivity contribution in [3.8, 4) is 0 Å². The van der Waals surface area contributed by atoms with Gasteiger partial charge in [-0.25, -0.2) is 8.42 Å². The second-order valence-electron chi connectivity index (χ2n) is 5.49. The number of nitrogens with two attached hydrogens (primary N) is 1. The van der Waals surface area contributed by atoms with E-state index < -0.39 is 9.84 Å². The number of benzene rings is 1. The Bertz CT molecular complexity index is 609. The minimum Gasteiger partial charge on any atom is -0.384 e. The van der Waals surface area contributed by atoms with E-state index in [1.54, 1.807) is 0 Å². The molecule has 1 aromatic carbocycles. The molecule has 1 amide bonds. The van der Waals surface area contributed by atoms with Gasteiger partial charge in [-0.2, -0.15) is 0 Å². The lowest BCUT2D eigenvalue weighted by Crippen LogP contribution is -2.41. The average molecular weight is 326 g/mol. The van der Waals surface area contributed by atoms with Gasteiger partial charge in [-0.15, -0.1) is 0 Å². The normalized spacial score (nSPS) is 16.3. The summed E-state index contributed by atoms with van der Waals surface area (Å²) in [6, 6.07) is 5.95. The Morgan fingerprint density at radius 2 is 2.00 bits per heavy atom. The summed E-state index contributed by atoms with van der Waals surface area (Å²) < 4.78 is 28.8. The number of amides is 1. The molecule has 7 heteroatoms. The molecule has 22 heavy (non-hydrogen) atoms. The van der Waals surface area contributed by atoms with Crippen LogP contribution in [0.5, 0.6) is 0 Å². The highest BCUT2D eigenvalue weighted by molar-refractivity contribution is 7.91. The van der Waals surface area contributed by atoms with E-state index in [1.807, 2.05) is 0 Å². The number of hydrogen-bond donors (Lipinski definition) is 2. The van der Waals surface area contributed by atoms with E-state index in [1.165, 1.54) is 31.4 Å². The zero-order valence-electron chi connectivity index (χ0n) is 12.6. The highest BCUT2D eigenvalue weighted by Gasteiger charge is 2.31. The fourth-order valence-electron chi connectivity index (χ4n) is 2.24. The lowest BCUT2D eigenvalue weighted by molar-refractivity contribution is 0.0933. The highest BCUT2D eigenvalue weighted by Crippen LogP contribution is 2.32. The molecule has 2 rings (SSSR count). The van der Waals surface area contributed by atoms with Crippen LogP contribution < -0.4 is 11.1 Å². The van der Waals surface area contributed by atoms with Gasteiger partial charge in [0.2, 0.25) is 0 Å². The van der Waals surface area contributed by atoms with Crippen molar-refractivity contribution >= 4 is 15.7 Å². The number of methoxy groups -OCH3 is 1. The third-order valence-corrected chi connectivity index (χ3v) is 5.49. The van der Waals surface area contributed by atoms with Gasteiger partial charge in [0, 0.05) is 25.3 Å². The molecule has 6 nitrogen and oxygen atoms in total. The van der Waals surface area contributed by atoms with Gasteiger partial charge in [-0.1, -0.05) is 0 Å². The van der Waals surface area contributed by atoms with Crippen LogP contribution in [0.25, 0.3) is 0 Å². The summed E-state index contributed by atoms with van der Waals surface area (Å²) in [4.78, 5) is 12.3. The Hall–Kier alpha value is -1.44. The minimum atomic E-state index is -3.37. The van der Waals surface area contributed by atoms with Gasteiger partial charge >= 0.3 is 0 Å². The minimum absolute atomic E-state index is 0.00221. The molecule has 0 radical (unpaired) electrons. The summed E-state index contributed by atoms with van der Waals surface area (Å²) in [6.45, 7) is 0.560. The fraction of sp³-hybridized carbons (Fsp3) is 0.533. The first-order valence-electron chi connectivity index (χ1n) is 7.30. The van der Waals surface area contributed by atoms with Crippen molar-refractivity contribution in [1.82, 2.24) is 5.32 Å². The Morgan fingerprint density at radius 3 is 2.50 bits per heavy atom. The molecule has 1 aliphatic rings. The molecule has 0 aromatic heterocycles. The largest absolute Gasteiger partial charge is 0.384 e. The quantitative estimate of drug-likeness (QED) is 0.728. The summed E-state index contributed by atoms with van der Waals surface area (Å²) >= 11 is 0. The van der Waals surface area contributed by atoms with Crippen molar-refractivity contribution in [3.63, 3.8) is 0 Å². The van der Waals surface area contributed by atoms with E-state index in [0.717, 1.165) is 12.8 Å². The van der Waals surface area contributed by atoms with Crippen molar-refractivity contribution in [3.05, 3.63) is 29.8 Å². The molecule has 3 N–H and O–H groups in total. The zero-order valence-corrected chi connectivity index (χ0v) is 13.4. The van der Waals surface area contributed by atoms with E-state index in [4.69, 9.17) is 10.5 Å². The topological polar surface area (TPSA) is 98.5 Å². The number of ether oxygens (including phenoxy) is 1. The van der Waals surface area contributed by atoms with Gasteiger partial charge < -0.3 is 15.8 Å². The molecule has 1 aromatic rings. The van der Waals surface area contributed by atoms with E-state index in [9.17, 15) is 13.2 Å². The zero-order chi connectivity index (χ0) is 16.2. The third kappa shape index (κ3) is 4.28. The van der Waals surface area contributed by atoms with E-state index >= 15 is 0 Å². The second kappa shape index (κ2) is 7.21. The van der Waals surface area contributed by atoms with Crippen LogP contribution in [0, 0.1) is 5.92 Å².